The van der Waals surface area contributed by atoms with Crippen molar-refractivity contribution in [3.63, 3.8) is 0 Å². The molecule has 0 unspecified atom stereocenters. The Labute approximate surface area is 116 Å². The summed E-state index contributed by atoms with van der Waals surface area (Å²) in [7, 11) is 0. The van der Waals surface area contributed by atoms with E-state index >= 15 is 0 Å². The number of nitrogens with one attached hydrogen (secondary N) is 2. The molecule has 1 heterocycles. The van der Waals surface area contributed by atoms with Crippen LogP contribution in [-0.4, -0.2) is 11.0 Å². The molecule has 4 nitrogen and oxygen atoms in total. The molecule has 2 aromatic rings. The third kappa shape index (κ3) is 3.45. The van der Waals surface area contributed by atoms with Gasteiger partial charge in [0.2, 0.25) is 0 Å². The average Bonchev–Trinajstić information content (AvgIpc) is 2.35. The Morgan fingerprint density at radius 2 is 1.84 bits per heavy atom. The quantitative estimate of drug-likeness (QED) is 0.814. The van der Waals surface area contributed by atoms with Crippen molar-refractivity contribution in [3.05, 3.63) is 52.8 Å². The summed E-state index contributed by atoms with van der Waals surface area (Å²) in [5.74, 6) is 0. The van der Waals surface area contributed by atoms with Crippen molar-refractivity contribution in [3.8, 4) is 0 Å². The second kappa shape index (κ2) is 5.71. The summed E-state index contributed by atoms with van der Waals surface area (Å²) in [6.07, 6.45) is 0. The summed E-state index contributed by atoms with van der Waals surface area (Å²) in [6, 6.07) is 10.7. The van der Waals surface area contributed by atoms with Crippen LogP contribution in [0.5, 0.6) is 0 Å². The molecule has 0 spiro atoms. The highest BCUT2D eigenvalue weighted by Crippen LogP contribution is 2.24. The molecule has 2 amide bonds. The van der Waals surface area contributed by atoms with Gasteiger partial charge in [0.25, 0.3) is 0 Å². The zero-order valence-electron chi connectivity index (χ0n) is 10.7. The number of aryl methyl sites for hydroxylation is 2. The Kier molecular flexibility index (Phi) is 4.02. The maximum absolute atomic E-state index is 11.9. The van der Waals surface area contributed by atoms with E-state index in [2.05, 4.69) is 15.6 Å². The van der Waals surface area contributed by atoms with Crippen molar-refractivity contribution in [1.29, 1.82) is 0 Å². The molecule has 0 aliphatic carbocycles. The third-order valence-electron chi connectivity index (χ3n) is 2.57. The Morgan fingerprint density at radius 3 is 2.47 bits per heavy atom. The number of halogens is 1. The third-order valence-corrected chi connectivity index (χ3v) is 2.84. The van der Waals surface area contributed by atoms with Gasteiger partial charge in [0.05, 0.1) is 5.69 Å². The summed E-state index contributed by atoms with van der Waals surface area (Å²) < 4.78 is 0. The fourth-order valence-electron chi connectivity index (χ4n) is 1.74. The van der Waals surface area contributed by atoms with E-state index < -0.39 is 0 Å². The fourth-order valence-corrected chi connectivity index (χ4v) is 2.07. The second-order valence-corrected chi connectivity index (χ2v) is 4.55. The minimum Gasteiger partial charge on any atom is -0.308 e. The van der Waals surface area contributed by atoms with E-state index in [1.54, 1.807) is 12.1 Å². The van der Waals surface area contributed by atoms with Gasteiger partial charge in [0.1, 0.15) is 0 Å². The summed E-state index contributed by atoms with van der Waals surface area (Å²) in [5, 5.41) is 5.73. The van der Waals surface area contributed by atoms with Crippen LogP contribution in [0.2, 0.25) is 5.15 Å². The first-order valence-electron chi connectivity index (χ1n) is 5.83. The number of para-hydroxylation sites is 1. The monoisotopic (exact) mass is 275 g/mol. The zero-order valence-corrected chi connectivity index (χ0v) is 11.5. The Balaban J connectivity index is 2.12. The van der Waals surface area contributed by atoms with Crippen molar-refractivity contribution in [2.45, 2.75) is 13.8 Å². The van der Waals surface area contributed by atoms with Crippen molar-refractivity contribution < 1.29 is 4.79 Å². The topological polar surface area (TPSA) is 54.0 Å². The van der Waals surface area contributed by atoms with Gasteiger partial charge in [-0.2, -0.15) is 0 Å². The predicted molar refractivity (Wildman–Crippen MR) is 77.8 cm³/mol. The molecule has 0 saturated heterocycles. The summed E-state index contributed by atoms with van der Waals surface area (Å²) in [5.41, 5.74) is 2.94. The molecule has 1 aromatic heterocycles. The Hall–Kier alpha value is -2.07. The number of carbonyl (C=O) groups is 1. The second-order valence-electron chi connectivity index (χ2n) is 4.19. The number of aromatic nitrogens is 1. The van der Waals surface area contributed by atoms with E-state index in [9.17, 15) is 4.79 Å². The minimum absolute atomic E-state index is 0.292. The molecule has 2 N–H and O–H groups in total. The fraction of sp³-hybridized carbons (Fsp3) is 0.143. The van der Waals surface area contributed by atoms with Crippen LogP contribution >= 0.6 is 11.6 Å². The number of rotatable bonds is 2. The predicted octanol–water partition coefficient (Wildman–Crippen LogP) is 4.00. The number of nitrogens with zero attached hydrogens (tertiary/aromatic N) is 1. The molecule has 0 aliphatic heterocycles. The lowest BCUT2D eigenvalue weighted by atomic mass is 10.2. The number of pyridine rings is 1. The van der Waals surface area contributed by atoms with Gasteiger partial charge in [0.15, 0.2) is 5.15 Å². The van der Waals surface area contributed by atoms with Gasteiger partial charge >= 0.3 is 6.03 Å². The van der Waals surface area contributed by atoms with Crippen LogP contribution in [0.25, 0.3) is 0 Å². The summed E-state index contributed by atoms with van der Waals surface area (Å²) in [6.45, 7) is 3.73. The molecule has 19 heavy (non-hydrogen) atoms. The van der Waals surface area contributed by atoms with Crippen LogP contribution in [0, 0.1) is 13.8 Å². The van der Waals surface area contributed by atoms with Crippen LogP contribution in [0.3, 0.4) is 0 Å². The molecular formula is C14H14ClN3O. The van der Waals surface area contributed by atoms with Crippen molar-refractivity contribution >= 4 is 29.0 Å². The van der Waals surface area contributed by atoms with Gasteiger partial charge in [-0.05, 0) is 37.6 Å². The van der Waals surface area contributed by atoms with Gasteiger partial charge in [-0.3, -0.25) is 0 Å². The van der Waals surface area contributed by atoms with E-state index in [-0.39, 0.29) is 6.03 Å². The smallest absolute Gasteiger partial charge is 0.308 e. The first kappa shape index (κ1) is 13.4. The van der Waals surface area contributed by atoms with E-state index in [0.717, 1.165) is 11.3 Å². The van der Waals surface area contributed by atoms with Crippen LogP contribution in [0.15, 0.2) is 36.4 Å². The highest BCUT2D eigenvalue weighted by molar-refractivity contribution is 6.32. The SMILES string of the molecule is Cc1cc(C)c(NC(=O)Nc2ccccc2)c(Cl)n1. The van der Waals surface area contributed by atoms with Crippen LogP contribution in [0.1, 0.15) is 11.3 Å². The molecule has 0 aliphatic rings. The van der Waals surface area contributed by atoms with E-state index in [0.29, 0.717) is 16.5 Å². The van der Waals surface area contributed by atoms with Crippen molar-refractivity contribution in [2.75, 3.05) is 10.6 Å². The number of amides is 2. The van der Waals surface area contributed by atoms with Gasteiger partial charge in [0, 0.05) is 11.4 Å². The maximum Gasteiger partial charge on any atom is 0.323 e. The van der Waals surface area contributed by atoms with E-state index in [4.69, 9.17) is 11.6 Å². The lowest BCUT2D eigenvalue weighted by Gasteiger charge is -2.11. The van der Waals surface area contributed by atoms with Gasteiger partial charge in [-0.25, -0.2) is 9.78 Å². The molecule has 98 valence electrons. The average molecular weight is 276 g/mol. The molecule has 0 fully saturated rings. The van der Waals surface area contributed by atoms with Crippen LogP contribution in [-0.2, 0) is 0 Å². The molecule has 5 heteroatoms. The molecule has 0 bridgehead atoms. The van der Waals surface area contributed by atoms with Gasteiger partial charge in [-0.1, -0.05) is 29.8 Å². The molecule has 0 saturated carbocycles. The first-order valence-corrected chi connectivity index (χ1v) is 6.21. The zero-order chi connectivity index (χ0) is 13.8. The maximum atomic E-state index is 11.9. The lowest BCUT2D eigenvalue weighted by Crippen LogP contribution is -2.20. The molecule has 2 rings (SSSR count). The molecule has 0 radical (unpaired) electrons. The van der Waals surface area contributed by atoms with Gasteiger partial charge < -0.3 is 10.6 Å². The summed E-state index contributed by atoms with van der Waals surface area (Å²) in [4.78, 5) is 16.0. The number of hydrogen-bond acceptors (Lipinski definition) is 2. The lowest BCUT2D eigenvalue weighted by molar-refractivity contribution is 0.262. The normalized spacial score (nSPS) is 10.1. The summed E-state index contributed by atoms with van der Waals surface area (Å²) >= 11 is 6.03. The van der Waals surface area contributed by atoms with Crippen LogP contribution in [0.4, 0.5) is 16.2 Å². The Morgan fingerprint density at radius 1 is 1.16 bits per heavy atom. The highest BCUT2D eigenvalue weighted by Gasteiger charge is 2.10. The standard InChI is InChI=1S/C14H14ClN3O/c1-9-8-10(2)16-13(15)12(9)18-14(19)17-11-6-4-3-5-7-11/h3-8H,1-2H3,(H2,17,18,19). The van der Waals surface area contributed by atoms with E-state index in [1.807, 2.05) is 38.1 Å². The van der Waals surface area contributed by atoms with Gasteiger partial charge in [-0.15, -0.1) is 0 Å². The number of urea groups is 1. The van der Waals surface area contributed by atoms with Crippen molar-refractivity contribution in [1.82, 2.24) is 4.98 Å². The molecular weight excluding hydrogens is 262 g/mol. The van der Waals surface area contributed by atoms with E-state index in [1.165, 1.54) is 0 Å². The first-order chi connectivity index (χ1) is 9.06. The largest absolute Gasteiger partial charge is 0.323 e. The Bertz CT molecular complexity index is 576. The number of anilines is 2. The minimum atomic E-state index is -0.346. The van der Waals surface area contributed by atoms with Crippen LogP contribution < -0.4 is 10.6 Å². The number of hydrogen-bond donors (Lipinski definition) is 2. The molecule has 0 atom stereocenters. The highest BCUT2D eigenvalue weighted by atomic mass is 35.5. The number of carbonyl (C=O) groups excluding carboxylic acids is 1. The molecule has 1 aromatic carbocycles. The van der Waals surface area contributed by atoms with Crippen molar-refractivity contribution in [2.24, 2.45) is 0 Å². The number of benzene rings is 1.